The summed E-state index contributed by atoms with van der Waals surface area (Å²) in [6.07, 6.45) is 1.43. The summed E-state index contributed by atoms with van der Waals surface area (Å²) in [6.45, 7) is 4.80. The monoisotopic (exact) mass is 366 g/mol. The average molecular weight is 367 g/mol. The van der Waals surface area contributed by atoms with E-state index in [4.69, 9.17) is 16.3 Å². The molecule has 0 heterocycles. The molecule has 0 amide bonds. The lowest BCUT2D eigenvalue weighted by atomic mass is 10.2. The molecule has 0 unspecified atom stereocenters. The maximum Gasteiger partial charge on any atom is 0.276 e. The van der Waals surface area contributed by atoms with E-state index in [2.05, 4.69) is 23.8 Å². The normalized spacial score (nSPS) is 11.8. The fourth-order valence-corrected chi connectivity index (χ4v) is 2.67. The molecular weight excluding hydrogens is 348 g/mol. The van der Waals surface area contributed by atoms with Crippen LogP contribution in [0.25, 0.3) is 0 Å². The largest absolute Gasteiger partial charge is 0.493 e. The van der Waals surface area contributed by atoms with Crippen LogP contribution in [-0.2, 0) is 10.0 Å². The highest BCUT2D eigenvalue weighted by Crippen LogP contribution is 2.14. The standard InChI is InChI=1S/C17H19ClN2O3S/c1-13(2)12-23-16-7-3-14(4-8-16)11-19-20-24(21,22)17-9-5-15(18)6-10-17/h3-11,13,20H,12H2,1-2H3/b19-11+. The number of nitrogens with zero attached hydrogens (tertiary/aromatic N) is 1. The van der Waals surface area contributed by atoms with E-state index in [1.807, 2.05) is 12.1 Å². The zero-order valence-corrected chi connectivity index (χ0v) is 15.0. The number of ether oxygens (including phenoxy) is 1. The lowest BCUT2D eigenvalue weighted by Gasteiger charge is -2.08. The number of sulfonamides is 1. The summed E-state index contributed by atoms with van der Waals surface area (Å²) in [5.41, 5.74) is 0.755. The first kappa shape index (κ1) is 18.3. The first-order valence-electron chi connectivity index (χ1n) is 7.40. The molecule has 0 aliphatic rings. The van der Waals surface area contributed by atoms with Crippen molar-refractivity contribution in [2.24, 2.45) is 11.0 Å². The fourth-order valence-electron chi connectivity index (χ4n) is 1.75. The van der Waals surface area contributed by atoms with Crippen molar-refractivity contribution in [3.63, 3.8) is 0 Å². The van der Waals surface area contributed by atoms with Crippen molar-refractivity contribution in [1.29, 1.82) is 0 Å². The predicted molar refractivity (Wildman–Crippen MR) is 96.1 cm³/mol. The molecule has 128 valence electrons. The van der Waals surface area contributed by atoms with E-state index in [-0.39, 0.29) is 4.90 Å². The summed E-state index contributed by atoms with van der Waals surface area (Å²) in [5.74, 6) is 1.22. The van der Waals surface area contributed by atoms with Crippen LogP contribution in [0.2, 0.25) is 5.02 Å². The Kier molecular flexibility index (Phi) is 6.23. The smallest absolute Gasteiger partial charge is 0.276 e. The van der Waals surface area contributed by atoms with Crippen molar-refractivity contribution in [2.45, 2.75) is 18.7 Å². The highest BCUT2D eigenvalue weighted by atomic mass is 35.5. The van der Waals surface area contributed by atoms with Crippen molar-refractivity contribution < 1.29 is 13.2 Å². The van der Waals surface area contributed by atoms with Gasteiger partial charge in [-0.1, -0.05) is 25.4 Å². The molecule has 0 saturated heterocycles. The van der Waals surface area contributed by atoms with Gasteiger partial charge in [0.25, 0.3) is 10.0 Å². The summed E-state index contributed by atoms with van der Waals surface area (Å²) >= 11 is 5.74. The molecule has 0 fully saturated rings. The van der Waals surface area contributed by atoms with E-state index in [0.717, 1.165) is 11.3 Å². The van der Waals surface area contributed by atoms with Crippen molar-refractivity contribution in [3.8, 4) is 5.75 Å². The molecule has 7 heteroatoms. The Hall–Kier alpha value is -2.05. The number of hydrazone groups is 1. The average Bonchev–Trinajstić information content (AvgIpc) is 2.54. The van der Waals surface area contributed by atoms with Crippen LogP contribution in [0.15, 0.2) is 58.5 Å². The Morgan fingerprint density at radius 3 is 2.33 bits per heavy atom. The molecular formula is C17H19ClN2O3S. The quantitative estimate of drug-likeness (QED) is 0.600. The molecule has 0 aliphatic carbocycles. The van der Waals surface area contributed by atoms with Crippen LogP contribution < -0.4 is 9.57 Å². The van der Waals surface area contributed by atoms with E-state index in [9.17, 15) is 8.42 Å². The molecule has 1 N–H and O–H groups in total. The first-order chi connectivity index (χ1) is 11.4. The second-order valence-electron chi connectivity index (χ2n) is 5.58. The predicted octanol–water partition coefficient (Wildman–Crippen LogP) is 3.69. The van der Waals surface area contributed by atoms with E-state index >= 15 is 0 Å². The van der Waals surface area contributed by atoms with Crippen LogP contribution in [0, 0.1) is 5.92 Å². The van der Waals surface area contributed by atoms with Gasteiger partial charge in [-0.05, 0) is 60.0 Å². The van der Waals surface area contributed by atoms with Gasteiger partial charge in [-0.25, -0.2) is 4.83 Å². The van der Waals surface area contributed by atoms with Crippen molar-refractivity contribution in [3.05, 3.63) is 59.1 Å². The van der Waals surface area contributed by atoms with Gasteiger partial charge < -0.3 is 4.74 Å². The minimum absolute atomic E-state index is 0.0986. The molecule has 2 aromatic carbocycles. The Bertz CT molecular complexity index is 786. The number of hydrogen-bond acceptors (Lipinski definition) is 4. The first-order valence-corrected chi connectivity index (χ1v) is 9.26. The molecule has 0 radical (unpaired) electrons. The second-order valence-corrected chi connectivity index (χ2v) is 7.68. The van der Waals surface area contributed by atoms with E-state index < -0.39 is 10.0 Å². The Balaban J connectivity index is 1.97. The summed E-state index contributed by atoms with van der Waals surface area (Å²) in [7, 11) is -3.70. The summed E-state index contributed by atoms with van der Waals surface area (Å²) in [5, 5.41) is 4.25. The Morgan fingerprint density at radius 1 is 1.12 bits per heavy atom. The zero-order valence-electron chi connectivity index (χ0n) is 13.4. The van der Waals surface area contributed by atoms with Crippen molar-refractivity contribution in [1.82, 2.24) is 4.83 Å². The molecule has 0 aliphatic heterocycles. The van der Waals surface area contributed by atoms with Gasteiger partial charge in [0, 0.05) is 5.02 Å². The molecule has 0 aromatic heterocycles. The SMILES string of the molecule is CC(C)COc1ccc(/C=N/NS(=O)(=O)c2ccc(Cl)cc2)cc1. The molecule has 2 aromatic rings. The number of benzene rings is 2. The molecule has 0 saturated carbocycles. The lowest BCUT2D eigenvalue weighted by molar-refractivity contribution is 0.271. The Labute approximate surface area is 147 Å². The van der Waals surface area contributed by atoms with Gasteiger partial charge in [0.2, 0.25) is 0 Å². The van der Waals surface area contributed by atoms with E-state index in [0.29, 0.717) is 17.5 Å². The maximum absolute atomic E-state index is 12.0. The van der Waals surface area contributed by atoms with Gasteiger partial charge in [0.1, 0.15) is 5.75 Å². The van der Waals surface area contributed by atoms with Gasteiger partial charge in [-0.15, -0.1) is 0 Å². The van der Waals surface area contributed by atoms with Gasteiger partial charge in [-0.3, -0.25) is 0 Å². The van der Waals surface area contributed by atoms with Gasteiger partial charge in [0.05, 0.1) is 17.7 Å². The van der Waals surface area contributed by atoms with Crippen LogP contribution in [0.1, 0.15) is 19.4 Å². The number of rotatable bonds is 7. The third-order valence-corrected chi connectivity index (χ3v) is 4.46. The third-order valence-electron chi connectivity index (χ3n) is 2.97. The number of nitrogens with one attached hydrogen (secondary N) is 1. The second kappa shape index (κ2) is 8.17. The Morgan fingerprint density at radius 2 is 1.75 bits per heavy atom. The third kappa shape index (κ3) is 5.54. The molecule has 0 atom stereocenters. The van der Waals surface area contributed by atoms with Crippen LogP contribution >= 0.6 is 11.6 Å². The molecule has 5 nitrogen and oxygen atoms in total. The van der Waals surface area contributed by atoms with Crippen LogP contribution in [-0.4, -0.2) is 21.2 Å². The molecule has 24 heavy (non-hydrogen) atoms. The highest BCUT2D eigenvalue weighted by Gasteiger charge is 2.11. The number of halogens is 1. The van der Waals surface area contributed by atoms with Crippen molar-refractivity contribution in [2.75, 3.05) is 6.61 Å². The zero-order chi connectivity index (χ0) is 17.6. The topological polar surface area (TPSA) is 67.8 Å². The maximum atomic E-state index is 12.0. The number of hydrogen-bond donors (Lipinski definition) is 1. The van der Waals surface area contributed by atoms with Gasteiger partial charge in [-0.2, -0.15) is 13.5 Å². The van der Waals surface area contributed by atoms with Gasteiger partial charge in [0.15, 0.2) is 0 Å². The van der Waals surface area contributed by atoms with Crippen LogP contribution in [0.4, 0.5) is 0 Å². The van der Waals surface area contributed by atoms with E-state index in [1.54, 1.807) is 12.1 Å². The molecule has 0 bridgehead atoms. The minimum atomic E-state index is -3.70. The van der Waals surface area contributed by atoms with Crippen molar-refractivity contribution >= 4 is 27.8 Å². The molecule has 0 spiro atoms. The lowest BCUT2D eigenvalue weighted by Crippen LogP contribution is -2.18. The highest BCUT2D eigenvalue weighted by molar-refractivity contribution is 7.89. The van der Waals surface area contributed by atoms with Crippen LogP contribution in [0.5, 0.6) is 5.75 Å². The summed E-state index contributed by atoms with van der Waals surface area (Å²) < 4.78 is 29.7. The summed E-state index contributed by atoms with van der Waals surface area (Å²) in [4.78, 5) is 2.26. The van der Waals surface area contributed by atoms with Crippen LogP contribution in [0.3, 0.4) is 0 Å². The van der Waals surface area contributed by atoms with Gasteiger partial charge >= 0.3 is 0 Å². The minimum Gasteiger partial charge on any atom is -0.493 e. The molecule has 2 rings (SSSR count). The van der Waals surface area contributed by atoms with E-state index in [1.165, 1.54) is 30.5 Å². The summed E-state index contributed by atoms with van der Waals surface area (Å²) in [6, 6.07) is 13.1. The fraction of sp³-hybridized carbons (Fsp3) is 0.235.